The summed E-state index contributed by atoms with van der Waals surface area (Å²) in [5.41, 5.74) is -1.95. The molecular formula is C13H14F3NO4. The van der Waals surface area contributed by atoms with Crippen LogP contribution in [-0.4, -0.2) is 30.2 Å². The summed E-state index contributed by atoms with van der Waals surface area (Å²) in [5.74, 6) is -2.17. The van der Waals surface area contributed by atoms with Crippen molar-refractivity contribution in [2.75, 3.05) is 18.5 Å². The lowest BCUT2D eigenvalue weighted by Crippen LogP contribution is -2.19. The molecule has 0 spiro atoms. The molecule has 116 valence electrons. The van der Waals surface area contributed by atoms with Crippen molar-refractivity contribution in [2.24, 2.45) is 0 Å². The average molecular weight is 305 g/mol. The number of nitrogens with one attached hydrogen (secondary N) is 1. The van der Waals surface area contributed by atoms with Gasteiger partial charge in [-0.05, 0) is 24.6 Å². The monoisotopic (exact) mass is 305 g/mol. The van der Waals surface area contributed by atoms with E-state index in [1.54, 1.807) is 0 Å². The molecule has 0 bridgehead atoms. The highest BCUT2D eigenvalue weighted by Crippen LogP contribution is 2.32. The second-order valence-corrected chi connectivity index (χ2v) is 4.20. The number of hydrogen-bond acceptors (Lipinski definition) is 3. The number of benzene rings is 1. The Bertz CT molecular complexity index is 529. The summed E-state index contributed by atoms with van der Waals surface area (Å²) in [4.78, 5) is 22.3. The van der Waals surface area contributed by atoms with Gasteiger partial charge in [0.2, 0.25) is 5.91 Å². The lowest BCUT2D eigenvalue weighted by molar-refractivity contribution is -0.137. The summed E-state index contributed by atoms with van der Waals surface area (Å²) in [6.45, 7) is 1.87. The van der Waals surface area contributed by atoms with Crippen LogP contribution in [0.1, 0.15) is 29.3 Å². The third-order valence-corrected chi connectivity index (χ3v) is 2.37. The molecular weight excluding hydrogens is 291 g/mol. The third-order valence-electron chi connectivity index (χ3n) is 2.37. The fraction of sp³-hybridized carbons (Fsp3) is 0.385. The normalized spacial score (nSPS) is 11.2. The number of carbonyl (C=O) groups excluding carboxylic acids is 1. The molecule has 2 N–H and O–H groups in total. The van der Waals surface area contributed by atoms with E-state index in [1.807, 2.05) is 6.92 Å². The van der Waals surface area contributed by atoms with Gasteiger partial charge in [-0.2, -0.15) is 13.2 Å². The number of carboxylic acid groups (broad SMARTS) is 1. The summed E-state index contributed by atoms with van der Waals surface area (Å²) < 4.78 is 42.9. The number of carbonyl (C=O) groups is 2. The van der Waals surface area contributed by atoms with Crippen molar-refractivity contribution in [3.63, 3.8) is 0 Å². The van der Waals surface area contributed by atoms with Gasteiger partial charge in [0, 0.05) is 12.3 Å². The number of carboxylic acids is 1. The summed E-state index contributed by atoms with van der Waals surface area (Å²) in [6, 6.07) is 2.13. The minimum Gasteiger partial charge on any atom is -0.478 e. The molecule has 0 saturated heterocycles. The maximum absolute atomic E-state index is 12.7. The molecule has 5 nitrogen and oxygen atoms in total. The van der Waals surface area contributed by atoms with E-state index in [0.717, 1.165) is 6.07 Å². The average Bonchev–Trinajstić information content (AvgIpc) is 2.37. The molecule has 0 aliphatic carbocycles. The first-order valence-corrected chi connectivity index (χ1v) is 6.07. The largest absolute Gasteiger partial charge is 0.478 e. The number of aromatic carboxylic acids is 1. The van der Waals surface area contributed by atoms with Gasteiger partial charge in [-0.25, -0.2) is 4.79 Å². The minimum absolute atomic E-state index is 0.243. The van der Waals surface area contributed by atoms with Gasteiger partial charge in [-0.15, -0.1) is 0 Å². The fourth-order valence-electron chi connectivity index (χ4n) is 1.49. The van der Waals surface area contributed by atoms with Crippen LogP contribution in [0.2, 0.25) is 0 Å². The Morgan fingerprint density at radius 2 is 1.95 bits per heavy atom. The predicted octanol–water partition coefficient (Wildman–Crippen LogP) is 2.77. The Labute approximate surface area is 118 Å². The smallest absolute Gasteiger partial charge is 0.416 e. The first kappa shape index (κ1) is 17.0. The molecule has 0 radical (unpaired) electrons. The van der Waals surface area contributed by atoms with Crippen LogP contribution >= 0.6 is 0 Å². The zero-order valence-corrected chi connectivity index (χ0v) is 11.2. The molecule has 0 aliphatic rings. The SMILES string of the molecule is CCCOCC(=O)Nc1cc(C(=O)O)cc(C(F)(F)F)c1. The summed E-state index contributed by atoms with van der Waals surface area (Å²) in [5, 5.41) is 11.0. The highest BCUT2D eigenvalue weighted by atomic mass is 19.4. The zero-order valence-electron chi connectivity index (χ0n) is 11.2. The molecule has 1 rings (SSSR count). The first-order chi connectivity index (χ1) is 9.74. The van der Waals surface area contributed by atoms with Crippen molar-refractivity contribution in [1.82, 2.24) is 0 Å². The second-order valence-electron chi connectivity index (χ2n) is 4.20. The molecule has 8 heteroatoms. The Morgan fingerprint density at radius 1 is 1.29 bits per heavy atom. The quantitative estimate of drug-likeness (QED) is 0.792. The molecule has 0 atom stereocenters. The first-order valence-electron chi connectivity index (χ1n) is 6.07. The van der Waals surface area contributed by atoms with Crippen LogP contribution < -0.4 is 5.32 Å². The van der Waals surface area contributed by atoms with Gasteiger partial charge >= 0.3 is 12.1 Å². The minimum atomic E-state index is -4.70. The van der Waals surface area contributed by atoms with Crippen LogP contribution in [0.15, 0.2) is 18.2 Å². The van der Waals surface area contributed by atoms with Crippen molar-refractivity contribution in [3.05, 3.63) is 29.3 Å². The lowest BCUT2D eigenvalue weighted by atomic mass is 10.1. The van der Waals surface area contributed by atoms with Crippen LogP contribution in [0.25, 0.3) is 0 Å². The van der Waals surface area contributed by atoms with Crippen molar-refractivity contribution in [3.8, 4) is 0 Å². The van der Waals surface area contributed by atoms with E-state index in [-0.39, 0.29) is 12.3 Å². The van der Waals surface area contributed by atoms with Gasteiger partial charge < -0.3 is 15.2 Å². The van der Waals surface area contributed by atoms with Crippen molar-refractivity contribution < 1.29 is 32.6 Å². The van der Waals surface area contributed by atoms with Gasteiger partial charge in [0.05, 0.1) is 11.1 Å². The second kappa shape index (κ2) is 7.07. The predicted molar refractivity (Wildman–Crippen MR) is 68.1 cm³/mol. The van der Waals surface area contributed by atoms with Crippen molar-refractivity contribution >= 4 is 17.6 Å². The van der Waals surface area contributed by atoms with E-state index >= 15 is 0 Å². The molecule has 0 aromatic heterocycles. The van der Waals surface area contributed by atoms with Gasteiger partial charge in [0.1, 0.15) is 6.61 Å². The Hall–Kier alpha value is -2.09. The van der Waals surface area contributed by atoms with Crippen LogP contribution in [0.5, 0.6) is 0 Å². The van der Waals surface area contributed by atoms with Crippen molar-refractivity contribution in [1.29, 1.82) is 0 Å². The van der Waals surface area contributed by atoms with E-state index in [0.29, 0.717) is 25.2 Å². The summed E-state index contributed by atoms with van der Waals surface area (Å²) >= 11 is 0. The molecule has 1 aromatic rings. The number of anilines is 1. The molecule has 0 saturated carbocycles. The molecule has 0 heterocycles. The van der Waals surface area contributed by atoms with Crippen molar-refractivity contribution in [2.45, 2.75) is 19.5 Å². The van der Waals surface area contributed by atoms with Gasteiger partial charge in [-0.1, -0.05) is 6.92 Å². The number of rotatable bonds is 6. The zero-order chi connectivity index (χ0) is 16.0. The molecule has 0 fully saturated rings. The number of hydrogen-bond donors (Lipinski definition) is 2. The van der Waals surface area contributed by atoms with E-state index in [2.05, 4.69) is 5.32 Å². The Balaban J connectivity index is 2.93. The third kappa shape index (κ3) is 5.42. The van der Waals surface area contributed by atoms with Crippen LogP contribution in [0.3, 0.4) is 0 Å². The van der Waals surface area contributed by atoms with E-state index in [1.165, 1.54) is 0 Å². The standard InChI is InChI=1S/C13H14F3NO4/c1-2-3-21-7-11(18)17-10-5-8(12(19)20)4-9(6-10)13(14,15)16/h4-6H,2-3,7H2,1H3,(H,17,18)(H,19,20). The highest BCUT2D eigenvalue weighted by molar-refractivity contribution is 5.94. The fourth-order valence-corrected chi connectivity index (χ4v) is 1.49. The number of ether oxygens (including phenoxy) is 1. The topological polar surface area (TPSA) is 75.6 Å². The van der Waals surface area contributed by atoms with Crippen LogP contribution in [0.4, 0.5) is 18.9 Å². The molecule has 0 unspecified atom stereocenters. The maximum atomic E-state index is 12.7. The number of amides is 1. The molecule has 0 aliphatic heterocycles. The number of halogens is 3. The molecule has 21 heavy (non-hydrogen) atoms. The van der Waals surface area contributed by atoms with E-state index in [9.17, 15) is 22.8 Å². The van der Waals surface area contributed by atoms with Gasteiger partial charge in [-0.3, -0.25) is 4.79 Å². The number of alkyl halides is 3. The summed E-state index contributed by atoms with van der Waals surface area (Å²) in [7, 11) is 0. The maximum Gasteiger partial charge on any atom is 0.416 e. The van der Waals surface area contributed by atoms with Gasteiger partial charge in [0.15, 0.2) is 0 Å². The van der Waals surface area contributed by atoms with E-state index in [4.69, 9.17) is 9.84 Å². The van der Waals surface area contributed by atoms with Crippen LogP contribution in [-0.2, 0) is 15.7 Å². The molecule has 1 aromatic carbocycles. The lowest BCUT2D eigenvalue weighted by Gasteiger charge is -2.11. The Kier molecular flexibility index (Phi) is 5.71. The molecule has 1 amide bonds. The van der Waals surface area contributed by atoms with E-state index < -0.39 is 29.2 Å². The summed E-state index contributed by atoms with van der Waals surface area (Å²) in [6.07, 6.45) is -4.01. The van der Waals surface area contributed by atoms with Gasteiger partial charge in [0.25, 0.3) is 0 Å². The Morgan fingerprint density at radius 3 is 2.48 bits per heavy atom. The highest BCUT2D eigenvalue weighted by Gasteiger charge is 2.32. The van der Waals surface area contributed by atoms with Crippen LogP contribution in [0, 0.1) is 0 Å².